The first kappa shape index (κ1) is 23.7. The van der Waals surface area contributed by atoms with Crippen molar-refractivity contribution < 1.29 is 18.0 Å². The number of alkyl halides is 3. The minimum absolute atomic E-state index is 0.0853. The van der Waals surface area contributed by atoms with Gasteiger partial charge in [0.2, 0.25) is 0 Å². The number of nitrogens with one attached hydrogen (secondary N) is 2. The summed E-state index contributed by atoms with van der Waals surface area (Å²) in [4.78, 5) is 12.9. The predicted molar refractivity (Wildman–Crippen MR) is 133 cm³/mol. The molecule has 5 nitrogen and oxygen atoms in total. The molecule has 5 rings (SSSR count). The number of carbonyl (C=O) groups is 1. The van der Waals surface area contributed by atoms with Gasteiger partial charge in [0.15, 0.2) is 6.04 Å². The summed E-state index contributed by atoms with van der Waals surface area (Å²) in [5.74, 6) is -0.374. The van der Waals surface area contributed by atoms with Crippen LogP contribution in [0, 0.1) is 0 Å². The van der Waals surface area contributed by atoms with Gasteiger partial charge in [0, 0.05) is 13.0 Å². The van der Waals surface area contributed by atoms with Gasteiger partial charge in [0.25, 0.3) is 5.91 Å². The summed E-state index contributed by atoms with van der Waals surface area (Å²) in [5, 5.41) is 9.87. The van der Waals surface area contributed by atoms with Crippen LogP contribution in [-0.4, -0.2) is 28.4 Å². The van der Waals surface area contributed by atoms with Crippen LogP contribution in [-0.2, 0) is 6.42 Å². The van der Waals surface area contributed by atoms with Gasteiger partial charge >= 0.3 is 6.18 Å². The maximum absolute atomic E-state index is 13.9. The number of amides is 1. The molecule has 2 heterocycles. The maximum Gasteiger partial charge on any atom is 0.410 e. The van der Waals surface area contributed by atoms with Crippen LogP contribution in [0.15, 0.2) is 91.1 Å². The van der Waals surface area contributed by atoms with E-state index >= 15 is 0 Å². The number of carbonyl (C=O) groups excluding carboxylic acids is 1. The molecule has 0 radical (unpaired) electrons. The first-order valence-electron chi connectivity index (χ1n) is 11.8. The normalized spacial score (nSPS) is 17.2. The van der Waals surface area contributed by atoms with Gasteiger partial charge in [0.05, 0.1) is 12.2 Å². The van der Waals surface area contributed by atoms with Crippen LogP contribution in [0.3, 0.4) is 0 Å². The van der Waals surface area contributed by atoms with E-state index in [1.807, 2.05) is 60.7 Å². The zero-order valence-electron chi connectivity index (χ0n) is 19.4. The molecule has 2 unspecified atom stereocenters. The minimum atomic E-state index is -4.49. The Morgan fingerprint density at radius 3 is 2.25 bits per heavy atom. The lowest BCUT2D eigenvalue weighted by Crippen LogP contribution is -2.36. The zero-order valence-corrected chi connectivity index (χ0v) is 19.4. The van der Waals surface area contributed by atoms with Crippen molar-refractivity contribution in [2.45, 2.75) is 31.1 Å². The number of nitrogens with zero attached hydrogens (tertiary/aromatic N) is 2. The quantitative estimate of drug-likeness (QED) is 0.339. The van der Waals surface area contributed by atoms with Crippen molar-refractivity contribution in [2.75, 3.05) is 11.9 Å². The number of benzene rings is 3. The fourth-order valence-electron chi connectivity index (χ4n) is 4.54. The van der Waals surface area contributed by atoms with Crippen molar-refractivity contribution >= 4 is 11.7 Å². The lowest BCUT2D eigenvalue weighted by atomic mass is 9.96. The van der Waals surface area contributed by atoms with E-state index in [2.05, 4.69) is 15.7 Å². The fraction of sp³-hybridized carbons (Fsp3) is 0.214. The Kier molecular flexibility index (Phi) is 6.50. The molecule has 0 bridgehead atoms. The van der Waals surface area contributed by atoms with E-state index in [1.54, 1.807) is 24.3 Å². The summed E-state index contributed by atoms with van der Waals surface area (Å²) in [5.41, 5.74) is 4.11. The number of fused-ring (bicyclic) bond motifs is 1. The lowest BCUT2D eigenvalue weighted by molar-refractivity contribution is -0.173. The second-order valence-corrected chi connectivity index (χ2v) is 8.82. The first-order valence-corrected chi connectivity index (χ1v) is 11.8. The van der Waals surface area contributed by atoms with E-state index in [4.69, 9.17) is 0 Å². The Morgan fingerprint density at radius 2 is 1.58 bits per heavy atom. The molecule has 1 aliphatic rings. The second kappa shape index (κ2) is 9.89. The predicted octanol–water partition coefficient (Wildman–Crippen LogP) is 6.18. The zero-order chi connectivity index (χ0) is 25.1. The number of hydrogen-bond acceptors (Lipinski definition) is 3. The van der Waals surface area contributed by atoms with E-state index < -0.39 is 24.2 Å². The van der Waals surface area contributed by atoms with Gasteiger partial charge in [0.1, 0.15) is 11.4 Å². The third-order valence-electron chi connectivity index (χ3n) is 6.45. The summed E-state index contributed by atoms with van der Waals surface area (Å²) < 4.78 is 42.5. The van der Waals surface area contributed by atoms with Crippen LogP contribution in [0.25, 0.3) is 11.1 Å². The molecule has 184 valence electrons. The monoisotopic (exact) mass is 490 g/mol. The standard InChI is InChI=1S/C28H25F3N4O/c29-28(30,31)25-17-24(22-9-5-2-6-10-22)34-26-23(18-33-35(25)26)27(36)32-16-15-19-11-13-21(14-12-19)20-7-3-1-4-8-20/h1-14,18,24-25,34H,15-17H2,(H,32,36). The highest BCUT2D eigenvalue weighted by Crippen LogP contribution is 2.44. The highest BCUT2D eigenvalue weighted by Gasteiger charge is 2.47. The summed E-state index contributed by atoms with van der Waals surface area (Å²) in [6.07, 6.45) is -2.90. The number of halogens is 3. The Hall–Kier alpha value is -4.07. The number of rotatable bonds is 6. The third kappa shape index (κ3) is 4.98. The van der Waals surface area contributed by atoms with E-state index in [1.165, 1.54) is 6.20 Å². The van der Waals surface area contributed by atoms with Crippen molar-refractivity contribution in [3.63, 3.8) is 0 Å². The third-order valence-corrected chi connectivity index (χ3v) is 6.45. The van der Waals surface area contributed by atoms with Gasteiger partial charge in [-0.2, -0.15) is 18.3 Å². The molecule has 1 aliphatic heterocycles. The highest BCUT2D eigenvalue weighted by atomic mass is 19.4. The van der Waals surface area contributed by atoms with Crippen molar-refractivity contribution in [1.29, 1.82) is 0 Å². The van der Waals surface area contributed by atoms with E-state index in [0.29, 0.717) is 13.0 Å². The topological polar surface area (TPSA) is 59.0 Å². The maximum atomic E-state index is 13.9. The van der Waals surface area contributed by atoms with Crippen molar-refractivity contribution in [1.82, 2.24) is 15.1 Å². The first-order chi connectivity index (χ1) is 17.4. The van der Waals surface area contributed by atoms with E-state index in [9.17, 15) is 18.0 Å². The van der Waals surface area contributed by atoms with Gasteiger partial charge in [-0.3, -0.25) is 4.79 Å². The summed E-state index contributed by atoms with van der Waals surface area (Å²) in [6, 6.07) is 24.7. The average Bonchev–Trinajstić information content (AvgIpc) is 3.33. The smallest absolute Gasteiger partial charge is 0.363 e. The number of hydrogen-bond donors (Lipinski definition) is 2. The summed E-state index contributed by atoms with van der Waals surface area (Å²) in [7, 11) is 0. The fourth-order valence-corrected chi connectivity index (χ4v) is 4.54. The van der Waals surface area contributed by atoms with Crippen LogP contribution >= 0.6 is 0 Å². The Bertz CT molecular complexity index is 1320. The van der Waals surface area contributed by atoms with Crippen LogP contribution in [0.1, 0.15) is 40.0 Å². The van der Waals surface area contributed by atoms with Gasteiger partial charge in [-0.25, -0.2) is 4.68 Å². The molecule has 8 heteroatoms. The molecule has 1 amide bonds. The number of anilines is 1. The largest absolute Gasteiger partial charge is 0.410 e. The SMILES string of the molecule is O=C(NCCc1ccc(-c2ccccc2)cc1)c1cnn2c1NC(c1ccccc1)CC2C(F)(F)F. The molecule has 4 aromatic rings. The lowest BCUT2D eigenvalue weighted by Gasteiger charge is -2.34. The Labute approximate surface area is 207 Å². The molecule has 0 fully saturated rings. The molecule has 0 saturated carbocycles. The van der Waals surface area contributed by atoms with Crippen LogP contribution in [0.5, 0.6) is 0 Å². The number of aromatic nitrogens is 2. The molecule has 36 heavy (non-hydrogen) atoms. The molecule has 3 aromatic carbocycles. The molecule has 0 saturated heterocycles. The molecule has 0 aliphatic carbocycles. The average molecular weight is 491 g/mol. The van der Waals surface area contributed by atoms with Gasteiger partial charge in [-0.1, -0.05) is 84.9 Å². The molecular formula is C28H25F3N4O. The van der Waals surface area contributed by atoms with Crippen LogP contribution in [0.4, 0.5) is 19.0 Å². The molecule has 1 aromatic heterocycles. The van der Waals surface area contributed by atoms with E-state index in [0.717, 1.165) is 26.9 Å². The minimum Gasteiger partial charge on any atom is -0.363 e. The van der Waals surface area contributed by atoms with Gasteiger partial charge in [-0.05, 0) is 28.7 Å². The van der Waals surface area contributed by atoms with Crippen LogP contribution < -0.4 is 10.6 Å². The summed E-state index contributed by atoms with van der Waals surface area (Å²) in [6.45, 7) is 0.346. The molecule has 2 atom stereocenters. The van der Waals surface area contributed by atoms with Gasteiger partial charge in [-0.15, -0.1) is 0 Å². The second-order valence-electron chi connectivity index (χ2n) is 8.82. The summed E-state index contributed by atoms with van der Waals surface area (Å²) >= 11 is 0. The van der Waals surface area contributed by atoms with Crippen molar-refractivity contribution in [2.24, 2.45) is 0 Å². The highest BCUT2D eigenvalue weighted by molar-refractivity contribution is 5.98. The van der Waals surface area contributed by atoms with Crippen LogP contribution in [0.2, 0.25) is 0 Å². The Morgan fingerprint density at radius 1 is 0.944 bits per heavy atom. The van der Waals surface area contributed by atoms with Crippen molar-refractivity contribution in [3.05, 3.63) is 108 Å². The van der Waals surface area contributed by atoms with Crippen molar-refractivity contribution in [3.8, 4) is 11.1 Å². The van der Waals surface area contributed by atoms with E-state index in [-0.39, 0.29) is 17.8 Å². The molecule has 0 spiro atoms. The molecular weight excluding hydrogens is 465 g/mol. The Balaban J connectivity index is 1.27. The van der Waals surface area contributed by atoms with Gasteiger partial charge < -0.3 is 10.6 Å². The molecule has 2 N–H and O–H groups in total.